The molecular weight excluding hydrogens is 236 g/mol. The SMILES string of the molecule is C#Cc1ccc(S(=O)(=O)OCC(C)(C)C)cc1. The first-order chi connectivity index (χ1) is 7.74. The number of rotatable bonds is 3. The van der Waals surface area contributed by atoms with Crippen molar-refractivity contribution in [2.75, 3.05) is 6.61 Å². The lowest BCUT2D eigenvalue weighted by molar-refractivity contribution is 0.203. The summed E-state index contributed by atoms with van der Waals surface area (Å²) in [5.74, 6) is 2.43. The zero-order chi connectivity index (χ0) is 13.1. The van der Waals surface area contributed by atoms with E-state index in [1.54, 1.807) is 12.1 Å². The fourth-order valence-corrected chi connectivity index (χ4v) is 2.15. The van der Waals surface area contributed by atoms with Crippen LogP contribution in [0.2, 0.25) is 0 Å². The molecule has 92 valence electrons. The zero-order valence-electron chi connectivity index (χ0n) is 10.2. The minimum absolute atomic E-state index is 0.126. The minimum Gasteiger partial charge on any atom is -0.266 e. The molecule has 0 saturated carbocycles. The van der Waals surface area contributed by atoms with Crippen LogP contribution in [0.5, 0.6) is 0 Å². The number of hydrogen-bond donors (Lipinski definition) is 0. The van der Waals surface area contributed by atoms with Gasteiger partial charge in [-0.3, -0.25) is 4.18 Å². The fraction of sp³-hybridized carbons (Fsp3) is 0.385. The number of benzene rings is 1. The standard InChI is InChI=1S/C13H16O3S/c1-5-11-6-8-12(9-7-11)17(14,15)16-10-13(2,3)4/h1,6-9H,10H2,2-4H3. The van der Waals surface area contributed by atoms with Gasteiger partial charge in [0.05, 0.1) is 11.5 Å². The summed E-state index contributed by atoms with van der Waals surface area (Å²) in [6.07, 6.45) is 5.19. The molecule has 1 aromatic carbocycles. The molecule has 0 atom stereocenters. The van der Waals surface area contributed by atoms with Gasteiger partial charge in [0.25, 0.3) is 10.1 Å². The quantitative estimate of drug-likeness (QED) is 0.613. The molecule has 0 unspecified atom stereocenters. The minimum atomic E-state index is -3.69. The summed E-state index contributed by atoms with van der Waals surface area (Å²) in [7, 11) is -3.69. The lowest BCUT2D eigenvalue weighted by Gasteiger charge is -2.17. The molecule has 0 N–H and O–H groups in total. The van der Waals surface area contributed by atoms with E-state index in [4.69, 9.17) is 10.6 Å². The van der Waals surface area contributed by atoms with E-state index in [1.165, 1.54) is 12.1 Å². The van der Waals surface area contributed by atoms with Crippen molar-refractivity contribution in [2.45, 2.75) is 25.7 Å². The number of terminal acetylenes is 1. The molecule has 17 heavy (non-hydrogen) atoms. The van der Waals surface area contributed by atoms with Crippen LogP contribution in [-0.2, 0) is 14.3 Å². The maximum atomic E-state index is 11.8. The Morgan fingerprint density at radius 1 is 1.24 bits per heavy atom. The molecule has 0 bridgehead atoms. The van der Waals surface area contributed by atoms with Gasteiger partial charge >= 0.3 is 0 Å². The van der Waals surface area contributed by atoms with Crippen molar-refractivity contribution in [1.29, 1.82) is 0 Å². The van der Waals surface area contributed by atoms with E-state index >= 15 is 0 Å². The van der Waals surface area contributed by atoms with Gasteiger partial charge < -0.3 is 0 Å². The molecule has 0 radical (unpaired) electrons. The molecule has 0 aliphatic rings. The summed E-state index contributed by atoms with van der Waals surface area (Å²) >= 11 is 0. The summed E-state index contributed by atoms with van der Waals surface area (Å²) in [5.41, 5.74) is 0.436. The Kier molecular flexibility index (Phi) is 3.97. The number of hydrogen-bond acceptors (Lipinski definition) is 3. The normalized spacial score (nSPS) is 12.1. The summed E-state index contributed by atoms with van der Waals surface area (Å²) in [6.45, 7) is 5.87. The summed E-state index contributed by atoms with van der Waals surface area (Å²) in [5, 5.41) is 0. The van der Waals surface area contributed by atoms with Crippen LogP contribution in [0.4, 0.5) is 0 Å². The second-order valence-corrected chi connectivity index (χ2v) is 6.56. The third-order valence-electron chi connectivity index (χ3n) is 1.96. The molecule has 4 heteroatoms. The van der Waals surface area contributed by atoms with Crippen molar-refractivity contribution >= 4 is 10.1 Å². The smallest absolute Gasteiger partial charge is 0.266 e. The van der Waals surface area contributed by atoms with Crippen LogP contribution in [0.25, 0.3) is 0 Å². The second-order valence-electron chi connectivity index (χ2n) is 4.95. The highest BCUT2D eigenvalue weighted by molar-refractivity contribution is 7.86. The van der Waals surface area contributed by atoms with Gasteiger partial charge in [0.1, 0.15) is 0 Å². The van der Waals surface area contributed by atoms with E-state index in [0.29, 0.717) is 5.56 Å². The van der Waals surface area contributed by atoms with Crippen LogP contribution in [0.3, 0.4) is 0 Å². The predicted molar refractivity (Wildman–Crippen MR) is 67.0 cm³/mol. The monoisotopic (exact) mass is 252 g/mol. The summed E-state index contributed by atoms with van der Waals surface area (Å²) in [4.78, 5) is 0.126. The Morgan fingerprint density at radius 3 is 2.18 bits per heavy atom. The van der Waals surface area contributed by atoms with Gasteiger partial charge in [-0.05, 0) is 29.7 Å². The van der Waals surface area contributed by atoms with Crippen LogP contribution in [0, 0.1) is 17.8 Å². The van der Waals surface area contributed by atoms with Gasteiger partial charge in [-0.25, -0.2) is 0 Å². The summed E-state index contributed by atoms with van der Waals surface area (Å²) in [6, 6.07) is 6.06. The molecule has 1 rings (SSSR count). The maximum Gasteiger partial charge on any atom is 0.296 e. The van der Waals surface area contributed by atoms with Crippen molar-refractivity contribution < 1.29 is 12.6 Å². The molecule has 0 saturated heterocycles. The van der Waals surface area contributed by atoms with Gasteiger partial charge in [0, 0.05) is 5.56 Å². The molecule has 0 aliphatic heterocycles. The van der Waals surface area contributed by atoms with E-state index < -0.39 is 10.1 Å². The van der Waals surface area contributed by atoms with E-state index in [-0.39, 0.29) is 16.9 Å². The molecular formula is C13H16O3S. The highest BCUT2D eigenvalue weighted by Crippen LogP contribution is 2.19. The largest absolute Gasteiger partial charge is 0.296 e. The first-order valence-corrected chi connectivity index (χ1v) is 6.61. The van der Waals surface area contributed by atoms with E-state index in [0.717, 1.165) is 0 Å². The molecule has 0 spiro atoms. The Balaban J connectivity index is 2.87. The lowest BCUT2D eigenvalue weighted by atomic mass is 9.99. The lowest BCUT2D eigenvalue weighted by Crippen LogP contribution is -2.18. The van der Waals surface area contributed by atoms with Gasteiger partial charge in [-0.2, -0.15) is 8.42 Å². The highest BCUT2D eigenvalue weighted by atomic mass is 32.2. The van der Waals surface area contributed by atoms with Crippen LogP contribution >= 0.6 is 0 Å². The van der Waals surface area contributed by atoms with Gasteiger partial charge in [0.2, 0.25) is 0 Å². The van der Waals surface area contributed by atoms with Crippen molar-refractivity contribution in [3.05, 3.63) is 29.8 Å². The topological polar surface area (TPSA) is 43.4 Å². The zero-order valence-corrected chi connectivity index (χ0v) is 11.0. The van der Waals surface area contributed by atoms with Crippen LogP contribution < -0.4 is 0 Å². The molecule has 0 amide bonds. The van der Waals surface area contributed by atoms with Gasteiger partial charge in [-0.15, -0.1) is 6.42 Å². The second kappa shape index (κ2) is 4.91. The third kappa shape index (κ3) is 4.22. The van der Waals surface area contributed by atoms with E-state index in [1.807, 2.05) is 20.8 Å². The Morgan fingerprint density at radius 2 is 1.76 bits per heavy atom. The molecule has 1 aromatic rings. The van der Waals surface area contributed by atoms with Gasteiger partial charge in [-0.1, -0.05) is 26.7 Å². The average molecular weight is 252 g/mol. The van der Waals surface area contributed by atoms with Crippen molar-refractivity contribution in [1.82, 2.24) is 0 Å². The summed E-state index contributed by atoms with van der Waals surface area (Å²) < 4.78 is 28.6. The fourth-order valence-electron chi connectivity index (χ4n) is 1.04. The van der Waals surface area contributed by atoms with Crippen LogP contribution in [0.1, 0.15) is 26.3 Å². The predicted octanol–water partition coefficient (Wildman–Crippen LogP) is 2.42. The molecule has 0 aromatic heterocycles. The van der Waals surface area contributed by atoms with Crippen molar-refractivity contribution in [2.24, 2.45) is 5.41 Å². The molecule has 0 fully saturated rings. The van der Waals surface area contributed by atoms with Gasteiger partial charge in [0.15, 0.2) is 0 Å². The Hall–Kier alpha value is -1.31. The van der Waals surface area contributed by atoms with E-state index in [9.17, 15) is 8.42 Å². The average Bonchev–Trinajstić information content (AvgIpc) is 2.26. The van der Waals surface area contributed by atoms with E-state index in [2.05, 4.69) is 5.92 Å². The highest BCUT2D eigenvalue weighted by Gasteiger charge is 2.19. The Labute approximate surface area is 103 Å². The van der Waals surface area contributed by atoms with Crippen LogP contribution in [0.15, 0.2) is 29.2 Å². The molecule has 0 heterocycles. The van der Waals surface area contributed by atoms with Crippen LogP contribution in [-0.4, -0.2) is 15.0 Å². The third-order valence-corrected chi connectivity index (χ3v) is 3.23. The first kappa shape index (κ1) is 13.8. The molecule has 0 aliphatic carbocycles. The molecule has 3 nitrogen and oxygen atoms in total. The first-order valence-electron chi connectivity index (χ1n) is 5.21. The van der Waals surface area contributed by atoms with Crippen molar-refractivity contribution in [3.63, 3.8) is 0 Å². The Bertz CT molecular complexity index is 513. The van der Waals surface area contributed by atoms with Crippen molar-refractivity contribution in [3.8, 4) is 12.3 Å². The maximum absolute atomic E-state index is 11.8.